The van der Waals surface area contributed by atoms with E-state index >= 15 is 0 Å². The SMILES string of the molecule is COc1ccc(CN2CCN(c3ncccc3CNC(=O)c3cccc(Cl)c3C)C(C)C2)cc1OC. The molecule has 1 N–H and O–H groups in total. The Kier molecular flexibility index (Phi) is 8.33. The third-order valence-electron chi connectivity index (χ3n) is 6.66. The van der Waals surface area contributed by atoms with Crippen LogP contribution in [0.5, 0.6) is 11.5 Å². The fraction of sp³-hybridized carbons (Fsp3) is 0.357. The molecule has 1 fully saturated rings. The molecule has 1 aliphatic heterocycles. The average Bonchev–Trinajstić information content (AvgIpc) is 2.89. The lowest BCUT2D eigenvalue weighted by Crippen LogP contribution is -2.52. The van der Waals surface area contributed by atoms with Crippen LogP contribution >= 0.6 is 11.6 Å². The zero-order valence-electron chi connectivity index (χ0n) is 21.3. The zero-order valence-corrected chi connectivity index (χ0v) is 22.0. The summed E-state index contributed by atoms with van der Waals surface area (Å²) < 4.78 is 10.8. The van der Waals surface area contributed by atoms with Crippen LogP contribution in [0.15, 0.2) is 54.7 Å². The van der Waals surface area contributed by atoms with Gasteiger partial charge in [-0.1, -0.05) is 29.8 Å². The minimum absolute atomic E-state index is 0.141. The minimum Gasteiger partial charge on any atom is -0.493 e. The molecule has 7 nitrogen and oxygen atoms in total. The van der Waals surface area contributed by atoms with Crippen molar-refractivity contribution in [1.29, 1.82) is 0 Å². The number of nitrogens with zero attached hydrogens (tertiary/aromatic N) is 3. The molecule has 2 aromatic carbocycles. The number of halogens is 1. The standard InChI is InChI=1S/C28H33ClN4O3/c1-19-17-32(18-21-10-11-25(35-3)26(15-21)36-4)13-14-33(19)27-22(7-6-12-30-27)16-31-28(34)23-8-5-9-24(29)20(23)2/h5-12,15,19H,13-14,16-18H2,1-4H3,(H,31,34). The van der Waals surface area contributed by atoms with Crippen LogP contribution in [0.4, 0.5) is 5.82 Å². The molecule has 1 aliphatic rings. The number of methoxy groups -OCH3 is 2. The van der Waals surface area contributed by atoms with Gasteiger partial charge in [-0.05, 0) is 55.3 Å². The number of hydrogen-bond acceptors (Lipinski definition) is 6. The lowest BCUT2D eigenvalue weighted by atomic mass is 10.1. The molecule has 8 heteroatoms. The van der Waals surface area contributed by atoms with E-state index in [0.717, 1.165) is 54.6 Å². The molecule has 1 saturated heterocycles. The number of pyridine rings is 1. The molecule has 0 saturated carbocycles. The zero-order chi connectivity index (χ0) is 25.7. The lowest BCUT2D eigenvalue weighted by molar-refractivity contribution is 0.0950. The largest absolute Gasteiger partial charge is 0.493 e. The van der Waals surface area contributed by atoms with Gasteiger partial charge in [0.2, 0.25) is 0 Å². The highest BCUT2D eigenvalue weighted by atomic mass is 35.5. The quantitative estimate of drug-likeness (QED) is 0.475. The second-order valence-electron chi connectivity index (χ2n) is 9.05. The fourth-order valence-electron chi connectivity index (χ4n) is 4.68. The Morgan fingerprint density at radius 3 is 2.67 bits per heavy atom. The molecule has 1 atom stereocenters. The molecular weight excluding hydrogens is 476 g/mol. The van der Waals surface area contributed by atoms with Crippen LogP contribution in [-0.4, -0.2) is 55.7 Å². The Hall–Kier alpha value is -3.29. The summed E-state index contributed by atoms with van der Waals surface area (Å²) in [5.74, 6) is 2.26. The molecule has 0 spiro atoms. The van der Waals surface area contributed by atoms with E-state index in [2.05, 4.69) is 28.1 Å². The van der Waals surface area contributed by atoms with E-state index in [-0.39, 0.29) is 11.9 Å². The van der Waals surface area contributed by atoms with Crippen molar-refractivity contribution in [2.24, 2.45) is 0 Å². The summed E-state index contributed by atoms with van der Waals surface area (Å²) in [6.45, 7) is 7.96. The number of piperazine rings is 1. The maximum atomic E-state index is 12.8. The first-order valence-corrected chi connectivity index (χ1v) is 12.5. The van der Waals surface area contributed by atoms with Crippen molar-refractivity contribution in [2.75, 3.05) is 38.8 Å². The number of ether oxygens (including phenoxy) is 2. The molecule has 4 rings (SSSR count). The van der Waals surface area contributed by atoms with E-state index in [9.17, 15) is 4.79 Å². The fourth-order valence-corrected chi connectivity index (χ4v) is 4.85. The Morgan fingerprint density at radius 1 is 1.11 bits per heavy atom. The monoisotopic (exact) mass is 508 g/mol. The van der Waals surface area contributed by atoms with E-state index in [1.54, 1.807) is 32.4 Å². The van der Waals surface area contributed by atoms with Gasteiger partial charge in [0.1, 0.15) is 5.82 Å². The number of carbonyl (C=O) groups is 1. The maximum Gasteiger partial charge on any atom is 0.251 e. The van der Waals surface area contributed by atoms with Crippen LogP contribution in [0.25, 0.3) is 0 Å². The van der Waals surface area contributed by atoms with Crippen molar-refractivity contribution in [2.45, 2.75) is 33.0 Å². The lowest BCUT2D eigenvalue weighted by Gasteiger charge is -2.41. The minimum atomic E-state index is -0.141. The predicted octanol–water partition coefficient (Wildman–Crippen LogP) is 4.70. The number of carbonyl (C=O) groups excluding carboxylic acids is 1. The Bertz CT molecular complexity index is 1220. The summed E-state index contributed by atoms with van der Waals surface area (Å²) in [6.07, 6.45) is 1.81. The second-order valence-corrected chi connectivity index (χ2v) is 9.46. The van der Waals surface area contributed by atoms with Gasteiger partial charge >= 0.3 is 0 Å². The average molecular weight is 509 g/mol. The summed E-state index contributed by atoms with van der Waals surface area (Å²) in [6, 6.07) is 15.6. The molecule has 190 valence electrons. The van der Waals surface area contributed by atoms with Crippen LogP contribution in [0, 0.1) is 6.92 Å². The van der Waals surface area contributed by atoms with Crippen molar-refractivity contribution in [3.05, 3.63) is 82.0 Å². The van der Waals surface area contributed by atoms with Crippen molar-refractivity contribution >= 4 is 23.3 Å². The highest BCUT2D eigenvalue weighted by molar-refractivity contribution is 6.31. The van der Waals surface area contributed by atoms with Crippen LogP contribution in [0.1, 0.15) is 34.0 Å². The summed E-state index contributed by atoms with van der Waals surface area (Å²) in [7, 11) is 3.31. The number of benzene rings is 2. The summed E-state index contributed by atoms with van der Waals surface area (Å²) in [4.78, 5) is 22.3. The first-order valence-electron chi connectivity index (χ1n) is 12.1. The van der Waals surface area contributed by atoms with E-state index in [0.29, 0.717) is 17.1 Å². The molecule has 36 heavy (non-hydrogen) atoms. The van der Waals surface area contributed by atoms with Gasteiger partial charge in [-0.3, -0.25) is 9.69 Å². The van der Waals surface area contributed by atoms with Crippen LogP contribution in [0.2, 0.25) is 5.02 Å². The van der Waals surface area contributed by atoms with Gasteiger partial charge in [-0.15, -0.1) is 0 Å². The maximum absolute atomic E-state index is 12.8. The van der Waals surface area contributed by atoms with Gasteiger partial charge in [0.05, 0.1) is 14.2 Å². The number of aromatic nitrogens is 1. The Morgan fingerprint density at radius 2 is 1.92 bits per heavy atom. The smallest absolute Gasteiger partial charge is 0.251 e. The van der Waals surface area contributed by atoms with Gasteiger partial charge in [0, 0.05) is 61.1 Å². The van der Waals surface area contributed by atoms with E-state index in [1.165, 1.54) is 5.56 Å². The first kappa shape index (κ1) is 25.8. The molecule has 1 aromatic heterocycles. The van der Waals surface area contributed by atoms with Gasteiger partial charge < -0.3 is 19.7 Å². The van der Waals surface area contributed by atoms with Crippen molar-refractivity contribution in [1.82, 2.24) is 15.2 Å². The third kappa shape index (κ3) is 5.74. The van der Waals surface area contributed by atoms with Crippen LogP contribution < -0.4 is 19.7 Å². The number of amides is 1. The predicted molar refractivity (Wildman–Crippen MR) is 143 cm³/mol. The number of nitrogens with one attached hydrogen (secondary N) is 1. The number of hydrogen-bond donors (Lipinski definition) is 1. The highest BCUT2D eigenvalue weighted by Gasteiger charge is 2.26. The molecule has 0 bridgehead atoms. The summed E-state index contributed by atoms with van der Waals surface area (Å²) in [5.41, 5.74) is 3.55. The third-order valence-corrected chi connectivity index (χ3v) is 7.07. The molecule has 2 heterocycles. The Balaban J connectivity index is 1.41. The van der Waals surface area contributed by atoms with E-state index in [4.69, 9.17) is 26.1 Å². The van der Waals surface area contributed by atoms with Gasteiger partial charge in [-0.25, -0.2) is 4.98 Å². The van der Waals surface area contributed by atoms with Crippen molar-refractivity contribution in [3.8, 4) is 11.5 Å². The second kappa shape index (κ2) is 11.6. The highest BCUT2D eigenvalue weighted by Crippen LogP contribution is 2.29. The molecule has 1 amide bonds. The molecule has 0 aliphatic carbocycles. The normalized spacial score (nSPS) is 16.0. The number of rotatable bonds is 8. The van der Waals surface area contributed by atoms with Crippen molar-refractivity contribution in [3.63, 3.8) is 0 Å². The van der Waals surface area contributed by atoms with Crippen LogP contribution in [0.3, 0.4) is 0 Å². The first-order chi connectivity index (χ1) is 17.4. The van der Waals surface area contributed by atoms with Gasteiger partial charge in [0.25, 0.3) is 5.91 Å². The topological polar surface area (TPSA) is 66.9 Å². The van der Waals surface area contributed by atoms with Crippen LogP contribution in [-0.2, 0) is 13.1 Å². The molecule has 3 aromatic rings. The van der Waals surface area contributed by atoms with Gasteiger partial charge in [-0.2, -0.15) is 0 Å². The summed E-state index contributed by atoms with van der Waals surface area (Å²) in [5, 5.41) is 3.63. The van der Waals surface area contributed by atoms with Crippen molar-refractivity contribution < 1.29 is 14.3 Å². The van der Waals surface area contributed by atoms with E-state index in [1.807, 2.05) is 37.4 Å². The van der Waals surface area contributed by atoms with Gasteiger partial charge in [0.15, 0.2) is 11.5 Å². The molecular formula is C28H33ClN4O3. The van der Waals surface area contributed by atoms with E-state index < -0.39 is 0 Å². The molecule has 1 unspecified atom stereocenters. The molecule has 0 radical (unpaired) electrons. The number of anilines is 1. The summed E-state index contributed by atoms with van der Waals surface area (Å²) >= 11 is 6.20. The Labute approximate surface area is 218 Å².